The number of Topliss-reactive ketones (excluding diaryl/α,β-unsaturated/α-hetero) is 2. The molecule has 0 aromatic rings. The number of aliphatic hydroxyl groups excluding tert-OH is 4. The van der Waals surface area contributed by atoms with Crippen molar-refractivity contribution in [3.05, 3.63) is 24.3 Å². The third-order valence-corrected chi connectivity index (χ3v) is 13.1. The highest BCUT2D eigenvalue weighted by Gasteiger charge is 2.57. The molecule has 298 valence electrons. The summed E-state index contributed by atoms with van der Waals surface area (Å²) < 4.78 is 44.3. The fraction of sp³-hybridized carbons (Fsp3) is 0.850. The summed E-state index contributed by atoms with van der Waals surface area (Å²) in [5, 5.41) is 42.6. The molecule has 8 bridgehead atoms. The number of fused-ring (bicyclic) bond motifs is 7. The van der Waals surface area contributed by atoms with Crippen molar-refractivity contribution in [1.82, 2.24) is 0 Å². The predicted molar refractivity (Wildman–Crippen MR) is 189 cm³/mol. The van der Waals surface area contributed by atoms with Gasteiger partial charge in [-0.05, 0) is 62.0 Å². The van der Waals surface area contributed by atoms with Gasteiger partial charge in [-0.2, -0.15) is 0 Å². The van der Waals surface area contributed by atoms with Crippen molar-refractivity contribution in [3.63, 3.8) is 0 Å². The van der Waals surface area contributed by atoms with Crippen molar-refractivity contribution in [3.8, 4) is 0 Å². The summed E-state index contributed by atoms with van der Waals surface area (Å²) in [5.74, 6) is -0.221. The maximum absolute atomic E-state index is 13.9. The lowest BCUT2D eigenvalue weighted by molar-refractivity contribution is -0.259. The van der Waals surface area contributed by atoms with Crippen LogP contribution in [0.4, 0.5) is 0 Å². The van der Waals surface area contributed by atoms with E-state index in [0.29, 0.717) is 32.1 Å². The Labute approximate surface area is 312 Å². The topological polar surface area (TPSA) is 180 Å². The molecule has 7 aliphatic rings. The maximum Gasteiger partial charge on any atom is 0.135 e. The summed E-state index contributed by atoms with van der Waals surface area (Å²) in [6.07, 6.45) is -3.55. The van der Waals surface area contributed by atoms with Crippen molar-refractivity contribution in [2.24, 2.45) is 11.8 Å². The molecule has 12 unspecified atom stereocenters. The molecule has 18 atom stereocenters. The van der Waals surface area contributed by atoms with Crippen LogP contribution in [0.25, 0.3) is 0 Å². The third kappa shape index (κ3) is 8.56. The van der Waals surface area contributed by atoms with E-state index in [1.54, 1.807) is 7.11 Å². The summed E-state index contributed by atoms with van der Waals surface area (Å²) >= 11 is 0. The van der Waals surface area contributed by atoms with Crippen LogP contribution in [-0.2, 0) is 42.7 Å². The quantitative estimate of drug-likeness (QED) is 0.308. The van der Waals surface area contributed by atoms with Gasteiger partial charge in [-0.3, -0.25) is 9.59 Å². The molecular formula is C40H60O13. The molecular weight excluding hydrogens is 688 g/mol. The van der Waals surface area contributed by atoms with Crippen LogP contribution in [0, 0.1) is 11.8 Å². The first-order valence-electron chi connectivity index (χ1n) is 19.9. The molecule has 0 amide bonds. The van der Waals surface area contributed by atoms with Crippen molar-refractivity contribution >= 4 is 11.6 Å². The summed E-state index contributed by atoms with van der Waals surface area (Å²) in [5.41, 5.74) is 2.00. The van der Waals surface area contributed by atoms with Gasteiger partial charge < -0.3 is 53.6 Å². The average Bonchev–Trinajstić information content (AvgIpc) is 3.76. The first-order valence-corrected chi connectivity index (χ1v) is 19.9. The summed E-state index contributed by atoms with van der Waals surface area (Å²) in [6.45, 7) is 10.4. The van der Waals surface area contributed by atoms with Gasteiger partial charge in [0.05, 0.1) is 73.8 Å². The molecule has 0 aliphatic carbocycles. The number of rotatable bonds is 4. The Morgan fingerprint density at radius 2 is 1.45 bits per heavy atom. The second kappa shape index (κ2) is 16.9. The van der Waals surface area contributed by atoms with Crippen molar-refractivity contribution < 1.29 is 63.2 Å². The maximum atomic E-state index is 13.9. The molecule has 53 heavy (non-hydrogen) atoms. The van der Waals surface area contributed by atoms with Crippen LogP contribution in [0.3, 0.4) is 0 Å². The molecule has 0 radical (unpaired) electrons. The van der Waals surface area contributed by atoms with Crippen molar-refractivity contribution in [1.29, 1.82) is 0 Å². The zero-order valence-corrected chi connectivity index (χ0v) is 31.2. The Morgan fingerprint density at radius 3 is 2.23 bits per heavy atom. The Kier molecular flexibility index (Phi) is 12.6. The molecule has 0 aromatic heterocycles. The minimum absolute atomic E-state index is 0.00643. The molecule has 0 saturated carbocycles. The zero-order chi connectivity index (χ0) is 37.6. The molecule has 4 N–H and O–H groups in total. The van der Waals surface area contributed by atoms with Gasteiger partial charge in [-0.1, -0.05) is 20.1 Å². The smallest absolute Gasteiger partial charge is 0.135 e. The van der Waals surface area contributed by atoms with Gasteiger partial charge >= 0.3 is 0 Å². The number of carbonyl (C=O) groups is 2. The van der Waals surface area contributed by atoms with E-state index >= 15 is 0 Å². The van der Waals surface area contributed by atoms with Crippen LogP contribution in [0.5, 0.6) is 0 Å². The molecule has 7 fully saturated rings. The molecule has 7 saturated heterocycles. The molecule has 0 aromatic carbocycles. The normalized spacial score (nSPS) is 47.7. The minimum Gasteiger partial charge on any atom is -0.394 e. The molecule has 7 heterocycles. The number of carbonyl (C=O) groups excluding carboxylic acids is 2. The lowest BCUT2D eigenvalue weighted by Gasteiger charge is -2.46. The van der Waals surface area contributed by atoms with Crippen molar-refractivity contribution in [2.45, 2.75) is 188 Å². The van der Waals surface area contributed by atoms with E-state index in [1.165, 1.54) is 0 Å². The molecule has 7 aliphatic heterocycles. The number of hydrogen-bond donors (Lipinski definition) is 4. The van der Waals surface area contributed by atoms with Crippen LogP contribution < -0.4 is 0 Å². The lowest BCUT2D eigenvalue weighted by Crippen LogP contribution is -2.61. The van der Waals surface area contributed by atoms with Gasteiger partial charge in [0, 0.05) is 51.6 Å². The largest absolute Gasteiger partial charge is 0.394 e. The van der Waals surface area contributed by atoms with E-state index in [9.17, 15) is 30.0 Å². The minimum atomic E-state index is -1.10. The van der Waals surface area contributed by atoms with E-state index in [4.69, 9.17) is 33.2 Å². The van der Waals surface area contributed by atoms with Crippen LogP contribution in [-0.4, -0.2) is 143 Å². The van der Waals surface area contributed by atoms with Crippen molar-refractivity contribution in [2.75, 3.05) is 13.7 Å². The van der Waals surface area contributed by atoms with E-state index in [2.05, 4.69) is 20.1 Å². The van der Waals surface area contributed by atoms with Crippen LogP contribution in [0.1, 0.15) is 90.4 Å². The standard InChI is InChI=1S/C40H60O13/c1-19-11-26-7-9-29-20(2)12-25(48-29)6-5-22(42)15-33-35(45)39-40(53-33)36(46)38-30(52-39)10-8-27(50-38)13-23(43)14-28-32(17-31(49-26)21(19)3)51-34(37(28)47-4)16-24(44)18-41/h19,24-41,44-46H,2-3,5-18H2,1,4H3/t19-,24?,25?,26?,27?,28?,29?,30?,31?,32+,33-,34?,35?,36?,37-,38+,39+,40?/m1/s1. The highest BCUT2D eigenvalue weighted by atomic mass is 16.6. The second-order valence-corrected chi connectivity index (χ2v) is 16.8. The van der Waals surface area contributed by atoms with Gasteiger partial charge in [0.15, 0.2) is 0 Å². The number of methoxy groups -OCH3 is 1. The number of aliphatic hydroxyl groups is 4. The zero-order valence-electron chi connectivity index (χ0n) is 31.2. The van der Waals surface area contributed by atoms with Crippen LogP contribution in [0.2, 0.25) is 0 Å². The fourth-order valence-electron chi connectivity index (χ4n) is 10.1. The van der Waals surface area contributed by atoms with Gasteiger partial charge in [0.2, 0.25) is 0 Å². The summed E-state index contributed by atoms with van der Waals surface area (Å²) in [7, 11) is 1.58. The average molecular weight is 749 g/mol. The third-order valence-electron chi connectivity index (χ3n) is 13.1. The first kappa shape index (κ1) is 39.6. The lowest BCUT2D eigenvalue weighted by atomic mass is 9.81. The van der Waals surface area contributed by atoms with Crippen LogP contribution >= 0.6 is 0 Å². The van der Waals surface area contributed by atoms with E-state index in [1.807, 2.05) is 0 Å². The summed E-state index contributed by atoms with van der Waals surface area (Å²) in [6, 6.07) is 0. The van der Waals surface area contributed by atoms with E-state index in [-0.39, 0.29) is 79.9 Å². The Morgan fingerprint density at radius 1 is 0.736 bits per heavy atom. The Hall–Kier alpha value is -1.62. The number of ketones is 2. The van der Waals surface area contributed by atoms with Gasteiger partial charge in [-0.15, -0.1) is 0 Å². The fourth-order valence-corrected chi connectivity index (χ4v) is 10.1. The Balaban J connectivity index is 1.11. The van der Waals surface area contributed by atoms with Gasteiger partial charge in [0.1, 0.15) is 42.1 Å². The van der Waals surface area contributed by atoms with E-state index in [0.717, 1.165) is 30.4 Å². The highest BCUT2D eigenvalue weighted by molar-refractivity contribution is 5.79. The van der Waals surface area contributed by atoms with Gasteiger partial charge in [-0.25, -0.2) is 0 Å². The number of hydrogen-bond acceptors (Lipinski definition) is 13. The first-order chi connectivity index (χ1) is 25.4. The monoisotopic (exact) mass is 748 g/mol. The second-order valence-electron chi connectivity index (χ2n) is 16.8. The Bertz CT molecular complexity index is 1340. The molecule has 7 rings (SSSR count). The molecule has 13 heteroatoms. The molecule has 0 spiro atoms. The van der Waals surface area contributed by atoms with Crippen LogP contribution in [0.15, 0.2) is 24.3 Å². The SMILES string of the molecule is C=C1CC2CCC(=O)C[C@H]3OC4C(O)[C@H]5OC(CCC5O[C@H]4C3O)CC(=O)CC3[C@@H](OC)C(CC(O)CO)O[C@H]3CC3OC(CCC1O2)C[C@@H](C)C3=C. The van der Waals surface area contributed by atoms with E-state index < -0.39 is 79.9 Å². The predicted octanol–water partition coefficient (Wildman–Crippen LogP) is 2.27. The van der Waals surface area contributed by atoms with Gasteiger partial charge in [0.25, 0.3) is 0 Å². The molecule has 13 nitrogen and oxygen atoms in total. The number of ether oxygens (including phenoxy) is 7. The highest BCUT2D eigenvalue weighted by Crippen LogP contribution is 2.43. The summed E-state index contributed by atoms with van der Waals surface area (Å²) in [4.78, 5) is 27.0.